The van der Waals surface area contributed by atoms with Gasteiger partial charge in [0.1, 0.15) is 5.82 Å². The third-order valence-corrected chi connectivity index (χ3v) is 4.23. The minimum Gasteiger partial charge on any atom is -0.361 e. The van der Waals surface area contributed by atoms with Gasteiger partial charge in [-0.25, -0.2) is 4.39 Å². The monoisotopic (exact) mass is 266 g/mol. The number of aliphatic imine (C=N–C) groups is 1. The van der Waals surface area contributed by atoms with Crippen molar-refractivity contribution in [2.24, 2.45) is 4.99 Å². The van der Waals surface area contributed by atoms with Crippen LogP contribution in [0.3, 0.4) is 0 Å². The van der Waals surface area contributed by atoms with Crippen LogP contribution in [-0.4, -0.2) is 17.0 Å². The first-order chi connectivity index (χ1) is 8.60. The number of nitrogens with zero attached hydrogens (tertiary/aromatic N) is 1. The maximum atomic E-state index is 13.5. The van der Waals surface area contributed by atoms with E-state index in [9.17, 15) is 4.39 Å². The van der Waals surface area contributed by atoms with Crippen molar-refractivity contribution in [3.63, 3.8) is 0 Å². The standard InChI is InChI=1S/C14H19FN2S/c1-4-12-8-18-14(17-12)16-7-11-5-9(2)13(15)10(3)6-11/h5-6,12H,4,7-8H2,1-3H3,(H,16,17). The first-order valence-corrected chi connectivity index (χ1v) is 7.28. The summed E-state index contributed by atoms with van der Waals surface area (Å²) < 4.78 is 13.5. The minimum absolute atomic E-state index is 0.106. The van der Waals surface area contributed by atoms with Gasteiger partial charge in [0, 0.05) is 11.8 Å². The maximum Gasteiger partial charge on any atom is 0.157 e. The molecule has 1 aliphatic rings. The summed E-state index contributed by atoms with van der Waals surface area (Å²) in [6.07, 6.45) is 1.13. The van der Waals surface area contributed by atoms with E-state index in [-0.39, 0.29) is 5.82 Å². The minimum atomic E-state index is -0.106. The fraction of sp³-hybridized carbons (Fsp3) is 0.500. The molecule has 1 saturated heterocycles. The number of amidine groups is 1. The van der Waals surface area contributed by atoms with E-state index in [2.05, 4.69) is 17.2 Å². The Labute approximate surface area is 112 Å². The highest BCUT2D eigenvalue weighted by atomic mass is 32.2. The second-order valence-electron chi connectivity index (χ2n) is 4.73. The van der Waals surface area contributed by atoms with Crippen LogP contribution < -0.4 is 5.32 Å². The van der Waals surface area contributed by atoms with Gasteiger partial charge in [0.2, 0.25) is 0 Å². The maximum absolute atomic E-state index is 13.5. The molecule has 4 heteroatoms. The van der Waals surface area contributed by atoms with Crippen LogP contribution in [0.25, 0.3) is 0 Å². The van der Waals surface area contributed by atoms with E-state index < -0.39 is 0 Å². The number of hydrogen-bond acceptors (Lipinski definition) is 2. The van der Waals surface area contributed by atoms with Gasteiger partial charge in [0.25, 0.3) is 0 Å². The molecule has 0 bridgehead atoms. The van der Waals surface area contributed by atoms with Crippen LogP contribution in [0.1, 0.15) is 30.0 Å². The van der Waals surface area contributed by atoms with E-state index in [1.54, 1.807) is 25.6 Å². The van der Waals surface area contributed by atoms with E-state index in [1.165, 1.54) is 0 Å². The van der Waals surface area contributed by atoms with Crippen LogP contribution in [0.15, 0.2) is 17.1 Å². The quantitative estimate of drug-likeness (QED) is 0.906. The normalized spacial score (nSPS) is 21.3. The molecule has 1 aromatic rings. The van der Waals surface area contributed by atoms with Crippen LogP contribution in [0.2, 0.25) is 0 Å². The summed E-state index contributed by atoms with van der Waals surface area (Å²) in [5.74, 6) is 0.988. The van der Waals surface area contributed by atoms with Crippen LogP contribution in [0.4, 0.5) is 4.39 Å². The smallest absolute Gasteiger partial charge is 0.157 e. The van der Waals surface area contributed by atoms with Gasteiger partial charge >= 0.3 is 0 Å². The summed E-state index contributed by atoms with van der Waals surface area (Å²) in [5, 5.41) is 4.41. The topological polar surface area (TPSA) is 24.4 Å². The number of thioether (sulfide) groups is 1. The van der Waals surface area contributed by atoms with Gasteiger partial charge in [-0.1, -0.05) is 30.8 Å². The summed E-state index contributed by atoms with van der Waals surface area (Å²) in [6.45, 7) is 6.39. The molecule has 1 N–H and O–H groups in total. The van der Waals surface area contributed by atoms with E-state index in [1.807, 2.05) is 12.1 Å². The highest BCUT2D eigenvalue weighted by molar-refractivity contribution is 8.14. The molecule has 0 saturated carbocycles. The molecule has 1 aromatic carbocycles. The van der Waals surface area contributed by atoms with Crippen molar-refractivity contribution in [2.45, 2.75) is 39.8 Å². The molecule has 1 fully saturated rings. The van der Waals surface area contributed by atoms with Crippen LogP contribution in [0.5, 0.6) is 0 Å². The van der Waals surface area contributed by atoms with E-state index >= 15 is 0 Å². The van der Waals surface area contributed by atoms with E-state index in [4.69, 9.17) is 0 Å². The molecule has 0 radical (unpaired) electrons. The third-order valence-electron chi connectivity index (χ3n) is 3.14. The Kier molecular flexibility index (Phi) is 4.27. The van der Waals surface area contributed by atoms with Crippen molar-refractivity contribution < 1.29 is 4.39 Å². The van der Waals surface area contributed by atoms with Crippen molar-refractivity contribution in [1.82, 2.24) is 5.32 Å². The van der Waals surface area contributed by atoms with Crippen molar-refractivity contribution >= 4 is 16.9 Å². The summed E-state index contributed by atoms with van der Waals surface area (Å²) in [4.78, 5) is 4.55. The number of aryl methyl sites for hydroxylation is 2. The molecule has 0 aliphatic carbocycles. The van der Waals surface area contributed by atoms with Crippen molar-refractivity contribution in [1.29, 1.82) is 0 Å². The van der Waals surface area contributed by atoms with Crippen molar-refractivity contribution in [3.05, 3.63) is 34.6 Å². The fourth-order valence-corrected chi connectivity index (χ4v) is 3.12. The summed E-state index contributed by atoms with van der Waals surface area (Å²) in [7, 11) is 0. The molecular weight excluding hydrogens is 247 g/mol. The average Bonchev–Trinajstić information content (AvgIpc) is 2.81. The average molecular weight is 266 g/mol. The van der Waals surface area contributed by atoms with Gasteiger partial charge in [0.05, 0.1) is 6.54 Å². The highest BCUT2D eigenvalue weighted by Crippen LogP contribution is 2.18. The van der Waals surface area contributed by atoms with Gasteiger partial charge in [0.15, 0.2) is 5.17 Å². The van der Waals surface area contributed by atoms with Crippen molar-refractivity contribution in [2.75, 3.05) is 5.75 Å². The number of rotatable bonds is 3. The summed E-state index contributed by atoms with van der Waals surface area (Å²) >= 11 is 1.77. The Morgan fingerprint density at radius 1 is 1.39 bits per heavy atom. The lowest BCUT2D eigenvalue weighted by atomic mass is 10.1. The lowest BCUT2D eigenvalue weighted by molar-refractivity contribution is 0.608. The first kappa shape index (κ1) is 13.4. The predicted molar refractivity (Wildman–Crippen MR) is 76.7 cm³/mol. The first-order valence-electron chi connectivity index (χ1n) is 6.29. The van der Waals surface area contributed by atoms with E-state index in [0.717, 1.165) is 22.9 Å². The predicted octanol–water partition coefficient (Wildman–Crippen LogP) is 3.41. The van der Waals surface area contributed by atoms with Gasteiger partial charge in [-0.3, -0.25) is 4.99 Å². The summed E-state index contributed by atoms with van der Waals surface area (Å²) in [5.41, 5.74) is 2.47. The zero-order chi connectivity index (χ0) is 13.1. The Balaban J connectivity index is 2.05. The Morgan fingerprint density at radius 2 is 2.06 bits per heavy atom. The number of nitrogens with one attached hydrogen (secondary N) is 1. The molecule has 1 atom stereocenters. The number of hydrogen-bond donors (Lipinski definition) is 1. The molecular formula is C14H19FN2S. The second kappa shape index (κ2) is 5.74. The highest BCUT2D eigenvalue weighted by Gasteiger charge is 2.17. The molecule has 1 unspecified atom stereocenters. The molecule has 1 aliphatic heterocycles. The van der Waals surface area contributed by atoms with Crippen LogP contribution >= 0.6 is 11.8 Å². The van der Waals surface area contributed by atoms with Gasteiger partial charge in [-0.05, 0) is 37.0 Å². The molecule has 98 valence electrons. The Morgan fingerprint density at radius 3 is 2.61 bits per heavy atom. The molecule has 0 spiro atoms. The molecule has 2 nitrogen and oxygen atoms in total. The largest absolute Gasteiger partial charge is 0.361 e. The lowest BCUT2D eigenvalue weighted by Crippen LogP contribution is -2.25. The number of halogens is 1. The molecule has 0 amide bonds. The molecule has 2 rings (SSSR count). The van der Waals surface area contributed by atoms with E-state index in [0.29, 0.717) is 23.7 Å². The lowest BCUT2D eigenvalue weighted by Gasteiger charge is -2.06. The molecule has 1 heterocycles. The zero-order valence-electron chi connectivity index (χ0n) is 11.1. The van der Waals surface area contributed by atoms with Gasteiger partial charge in [-0.2, -0.15) is 0 Å². The zero-order valence-corrected chi connectivity index (χ0v) is 11.9. The third kappa shape index (κ3) is 3.05. The Bertz CT molecular complexity index is 448. The van der Waals surface area contributed by atoms with Gasteiger partial charge < -0.3 is 5.32 Å². The molecule has 0 aromatic heterocycles. The van der Waals surface area contributed by atoms with Gasteiger partial charge in [-0.15, -0.1) is 0 Å². The summed E-state index contributed by atoms with van der Waals surface area (Å²) in [6, 6.07) is 4.30. The van der Waals surface area contributed by atoms with Crippen LogP contribution in [0, 0.1) is 19.7 Å². The van der Waals surface area contributed by atoms with Crippen molar-refractivity contribution in [3.8, 4) is 0 Å². The van der Waals surface area contributed by atoms with Crippen LogP contribution in [-0.2, 0) is 6.54 Å². The number of benzene rings is 1. The second-order valence-corrected chi connectivity index (χ2v) is 5.73. The molecule has 18 heavy (non-hydrogen) atoms. The Hall–Kier alpha value is -1.03. The SMILES string of the molecule is CCC1CSC(=NCc2cc(C)c(F)c(C)c2)N1. The fourth-order valence-electron chi connectivity index (χ4n) is 2.04.